The van der Waals surface area contributed by atoms with Crippen molar-refractivity contribution < 1.29 is 4.79 Å². The van der Waals surface area contributed by atoms with E-state index in [1.165, 1.54) is 10.2 Å². The molecule has 0 saturated carbocycles. The third kappa shape index (κ3) is 3.21. The standard InChI is InChI=1S/C21H20N4O2/c1-24-21(27)20-17(13-23-24)16-9-5-6-10-18(16)25(20)14-19(26)22-12-11-15-7-3-2-4-8-15/h2-10,13H,11-12,14H2,1H3,(H,22,26). The van der Waals surface area contributed by atoms with Crippen LogP contribution in [0, 0.1) is 0 Å². The molecule has 0 unspecified atom stereocenters. The minimum atomic E-state index is -0.208. The summed E-state index contributed by atoms with van der Waals surface area (Å²) in [6.45, 7) is 0.650. The monoisotopic (exact) mass is 360 g/mol. The quantitative estimate of drug-likeness (QED) is 0.593. The lowest BCUT2D eigenvalue weighted by molar-refractivity contribution is -0.121. The number of nitrogens with zero attached hydrogens (tertiary/aromatic N) is 3. The van der Waals surface area contributed by atoms with Gasteiger partial charge in [-0.25, -0.2) is 4.68 Å². The van der Waals surface area contributed by atoms with Crippen LogP contribution in [-0.4, -0.2) is 26.8 Å². The Hall–Kier alpha value is -3.41. The second-order valence-corrected chi connectivity index (χ2v) is 6.52. The molecule has 4 aromatic rings. The highest BCUT2D eigenvalue weighted by atomic mass is 16.2. The van der Waals surface area contributed by atoms with Crippen molar-refractivity contribution in [1.82, 2.24) is 19.7 Å². The SMILES string of the molecule is Cn1ncc2c3ccccc3n(CC(=O)NCCc3ccccc3)c2c1=O. The second kappa shape index (κ2) is 7.07. The molecule has 0 bridgehead atoms. The van der Waals surface area contributed by atoms with E-state index in [1.807, 2.05) is 54.6 Å². The van der Waals surface area contributed by atoms with E-state index in [4.69, 9.17) is 0 Å². The molecule has 2 aromatic carbocycles. The number of hydrogen-bond donors (Lipinski definition) is 1. The predicted octanol–water partition coefficient (Wildman–Crippen LogP) is 2.25. The van der Waals surface area contributed by atoms with Gasteiger partial charge in [-0.3, -0.25) is 9.59 Å². The molecule has 1 N–H and O–H groups in total. The molecule has 2 aromatic heterocycles. The first-order valence-corrected chi connectivity index (χ1v) is 8.89. The molecule has 0 fully saturated rings. The fourth-order valence-electron chi connectivity index (χ4n) is 3.40. The first-order chi connectivity index (χ1) is 13.1. The smallest absolute Gasteiger partial charge is 0.291 e. The molecule has 1 amide bonds. The number of amides is 1. The Balaban J connectivity index is 1.61. The van der Waals surface area contributed by atoms with Crippen molar-refractivity contribution in [3.63, 3.8) is 0 Å². The minimum absolute atomic E-state index is 0.0953. The maximum Gasteiger partial charge on any atom is 0.291 e. The van der Waals surface area contributed by atoms with Crippen LogP contribution in [0.1, 0.15) is 5.56 Å². The number of aromatic nitrogens is 3. The summed E-state index contributed by atoms with van der Waals surface area (Å²) >= 11 is 0. The molecule has 0 aliphatic heterocycles. The topological polar surface area (TPSA) is 68.9 Å². The average Bonchev–Trinajstić information content (AvgIpc) is 3.00. The summed E-state index contributed by atoms with van der Waals surface area (Å²) in [4.78, 5) is 25.2. The molecule has 136 valence electrons. The van der Waals surface area contributed by atoms with Crippen LogP contribution < -0.4 is 10.9 Å². The maximum atomic E-state index is 12.6. The van der Waals surface area contributed by atoms with E-state index in [9.17, 15) is 9.59 Å². The first kappa shape index (κ1) is 17.0. The van der Waals surface area contributed by atoms with E-state index in [1.54, 1.807) is 17.8 Å². The maximum absolute atomic E-state index is 12.6. The van der Waals surface area contributed by atoms with E-state index >= 15 is 0 Å². The van der Waals surface area contributed by atoms with Gasteiger partial charge in [-0.15, -0.1) is 0 Å². The highest BCUT2D eigenvalue weighted by Gasteiger charge is 2.16. The van der Waals surface area contributed by atoms with Crippen LogP contribution >= 0.6 is 0 Å². The fraction of sp³-hybridized carbons (Fsp3) is 0.190. The zero-order valence-electron chi connectivity index (χ0n) is 15.1. The number of hydrogen-bond acceptors (Lipinski definition) is 3. The highest BCUT2D eigenvalue weighted by Crippen LogP contribution is 2.25. The normalized spacial score (nSPS) is 11.1. The number of fused-ring (bicyclic) bond motifs is 3. The van der Waals surface area contributed by atoms with Crippen LogP contribution in [0.25, 0.3) is 21.8 Å². The Labute approximate surface area is 156 Å². The van der Waals surface area contributed by atoms with Crippen LogP contribution in [0.15, 0.2) is 65.6 Å². The van der Waals surface area contributed by atoms with Gasteiger partial charge in [-0.2, -0.15) is 5.10 Å². The van der Waals surface area contributed by atoms with Gasteiger partial charge in [0, 0.05) is 29.9 Å². The summed E-state index contributed by atoms with van der Waals surface area (Å²) in [5.74, 6) is -0.118. The lowest BCUT2D eigenvalue weighted by Crippen LogP contribution is -2.30. The highest BCUT2D eigenvalue weighted by molar-refractivity contribution is 6.07. The van der Waals surface area contributed by atoms with E-state index in [2.05, 4.69) is 10.4 Å². The van der Waals surface area contributed by atoms with Gasteiger partial charge in [0.15, 0.2) is 0 Å². The predicted molar refractivity (Wildman–Crippen MR) is 106 cm³/mol. The average molecular weight is 360 g/mol. The van der Waals surface area contributed by atoms with Gasteiger partial charge < -0.3 is 9.88 Å². The van der Waals surface area contributed by atoms with Crippen LogP contribution in [0.4, 0.5) is 0 Å². The minimum Gasteiger partial charge on any atom is -0.354 e. The third-order valence-electron chi connectivity index (χ3n) is 4.75. The summed E-state index contributed by atoms with van der Waals surface area (Å²) in [6, 6.07) is 17.7. The Morgan fingerprint density at radius 2 is 1.78 bits per heavy atom. The molecule has 0 atom stereocenters. The second-order valence-electron chi connectivity index (χ2n) is 6.52. The zero-order chi connectivity index (χ0) is 18.8. The Kier molecular flexibility index (Phi) is 4.46. The molecule has 0 saturated heterocycles. The lowest BCUT2D eigenvalue weighted by atomic mass is 10.1. The van der Waals surface area contributed by atoms with E-state index in [0.29, 0.717) is 12.1 Å². The molecular weight excluding hydrogens is 340 g/mol. The van der Waals surface area contributed by atoms with Crippen LogP contribution in [-0.2, 0) is 24.8 Å². The van der Waals surface area contributed by atoms with E-state index in [-0.39, 0.29) is 18.0 Å². The largest absolute Gasteiger partial charge is 0.354 e. The Morgan fingerprint density at radius 1 is 1.04 bits per heavy atom. The van der Waals surface area contributed by atoms with Crippen LogP contribution in [0.3, 0.4) is 0 Å². The summed E-state index contributed by atoms with van der Waals surface area (Å²) in [6.07, 6.45) is 2.45. The van der Waals surface area contributed by atoms with Crippen LogP contribution in [0.5, 0.6) is 0 Å². The lowest BCUT2D eigenvalue weighted by Gasteiger charge is -2.09. The van der Waals surface area contributed by atoms with Gasteiger partial charge in [0.25, 0.3) is 5.56 Å². The number of benzene rings is 2. The molecule has 4 rings (SSSR count). The molecule has 0 aliphatic carbocycles. The summed E-state index contributed by atoms with van der Waals surface area (Å²) in [5.41, 5.74) is 2.33. The van der Waals surface area contributed by atoms with E-state index in [0.717, 1.165) is 22.7 Å². The van der Waals surface area contributed by atoms with Crippen molar-refractivity contribution in [2.24, 2.45) is 7.05 Å². The first-order valence-electron chi connectivity index (χ1n) is 8.89. The molecule has 6 heteroatoms. The zero-order valence-corrected chi connectivity index (χ0v) is 15.1. The van der Waals surface area contributed by atoms with Crippen molar-refractivity contribution in [3.05, 3.63) is 76.7 Å². The van der Waals surface area contributed by atoms with Crippen molar-refractivity contribution in [1.29, 1.82) is 0 Å². The number of para-hydroxylation sites is 1. The molecular formula is C21H20N4O2. The Bertz CT molecular complexity index is 1180. The summed E-state index contributed by atoms with van der Waals surface area (Å²) < 4.78 is 3.08. The van der Waals surface area contributed by atoms with Gasteiger partial charge in [-0.1, -0.05) is 48.5 Å². The number of rotatable bonds is 5. The number of aryl methyl sites for hydroxylation is 1. The number of carbonyl (C=O) groups excluding carboxylic acids is 1. The molecule has 27 heavy (non-hydrogen) atoms. The van der Waals surface area contributed by atoms with Crippen molar-refractivity contribution in [2.45, 2.75) is 13.0 Å². The van der Waals surface area contributed by atoms with Gasteiger partial charge in [0.1, 0.15) is 12.1 Å². The molecule has 0 spiro atoms. The van der Waals surface area contributed by atoms with Crippen LogP contribution in [0.2, 0.25) is 0 Å². The van der Waals surface area contributed by atoms with Gasteiger partial charge in [-0.05, 0) is 18.1 Å². The Morgan fingerprint density at radius 3 is 2.59 bits per heavy atom. The van der Waals surface area contributed by atoms with Crippen molar-refractivity contribution >= 4 is 27.7 Å². The van der Waals surface area contributed by atoms with E-state index < -0.39 is 0 Å². The molecule has 2 heterocycles. The van der Waals surface area contributed by atoms with Gasteiger partial charge >= 0.3 is 0 Å². The fourth-order valence-corrected chi connectivity index (χ4v) is 3.40. The third-order valence-corrected chi connectivity index (χ3v) is 4.75. The molecule has 0 aliphatic rings. The molecule has 6 nitrogen and oxygen atoms in total. The number of carbonyl (C=O) groups is 1. The summed E-state index contributed by atoms with van der Waals surface area (Å²) in [5, 5.41) is 8.77. The van der Waals surface area contributed by atoms with Gasteiger partial charge in [0.05, 0.1) is 6.20 Å². The van der Waals surface area contributed by atoms with Crippen molar-refractivity contribution in [3.8, 4) is 0 Å². The van der Waals surface area contributed by atoms with Crippen molar-refractivity contribution in [2.75, 3.05) is 6.54 Å². The van der Waals surface area contributed by atoms with Gasteiger partial charge in [0.2, 0.25) is 5.91 Å². The summed E-state index contributed by atoms with van der Waals surface area (Å²) in [7, 11) is 1.61. The molecule has 0 radical (unpaired) electrons. The number of nitrogens with one attached hydrogen (secondary N) is 1.